The predicted octanol–water partition coefficient (Wildman–Crippen LogP) is 2.26. The van der Waals surface area contributed by atoms with E-state index in [1.165, 1.54) is 18.9 Å². The first kappa shape index (κ1) is 13.1. The lowest BCUT2D eigenvalue weighted by Gasteiger charge is -2.14. The summed E-state index contributed by atoms with van der Waals surface area (Å²) in [6.45, 7) is 2.17. The molecule has 0 aromatic carbocycles. The van der Waals surface area contributed by atoms with E-state index in [9.17, 15) is 4.79 Å². The second kappa shape index (κ2) is 6.04. The third kappa shape index (κ3) is 3.13. The smallest absolute Gasteiger partial charge is 0.341 e. The molecule has 0 amide bonds. The number of hydrogen-bond donors (Lipinski definition) is 2. The van der Waals surface area contributed by atoms with Gasteiger partial charge in [-0.2, -0.15) is 11.8 Å². The van der Waals surface area contributed by atoms with E-state index in [1.807, 2.05) is 11.8 Å². The van der Waals surface area contributed by atoms with Gasteiger partial charge in [0.15, 0.2) is 0 Å². The van der Waals surface area contributed by atoms with E-state index in [-0.39, 0.29) is 5.56 Å². The summed E-state index contributed by atoms with van der Waals surface area (Å²) in [5.41, 5.74) is 0.143. The normalized spacial score (nSPS) is 22.9. The number of rotatable bonds is 5. The van der Waals surface area contributed by atoms with Crippen molar-refractivity contribution in [3.05, 3.63) is 18.1 Å². The highest BCUT2D eigenvalue weighted by Gasteiger charge is 2.25. The molecule has 5 nitrogen and oxygen atoms in total. The Hall–Kier alpha value is -1.30. The highest BCUT2D eigenvalue weighted by atomic mass is 32.2. The van der Waals surface area contributed by atoms with Crippen LogP contribution < -0.4 is 5.32 Å². The van der Waals surface area contributed by atoms with Crippen molar-refractivity contribution in [2.75, 3.05) is 11.1 Å². The Kier molecular flexibility index (Phi) is 4.41. The second-order valence-electron chi connectivity index (χ2n) is 4.32. The molecule has 1 aromatic rings. The summed E-state index contributed by atoms with van der Waals surface area (Å²) < 4.78 is 0. The number of aromatic carboxylic acids is 1. The number of carbonyl (C=O) groups is 1. The summed E-state index contributed by atoms with van der Waals surface area (Å²) >= 11 is 1.97. The maximum atomic E-state index is 11.0. The maximum Gasteiger partial charge on any atom is 0.341 e. The van der Waals surface area contributed by atoms with Gasteiger partial charge >= 0.3 is 5.97 Å². The van der Waals surface area contributed by atoms with Gasteiger partial charge in [0.2, 0.25) is 0 Å². The summed E-state index contributed by atoms with van der Waals surface area (Å²) in [6.07, 6.45) is 6.04. The van der Waals surface area contributed by atoms with Crippen LogP contribution in [0.25, 0.3) is 0 Å². The first-order valence-electron chi connectivity index (χ1n) is 6.12. The molecule has 18 heavy (non-hydrogen) atoms. The van der Waals surface area contributed by atoms with Gasteiger partial charge in [-0.1, -0.05) is 6.92 Å². The minimum absolute atomic E-state index is 0.143. The number of carboxylic acids is 1. The van der Waals surface area contributed by atoms with E-state index in [2.05, 4.69) is 22.2 Å². The first-order chi connectivity index (χ1) is 8.70. The molecule has 0 radical (unpaired) electrons. The molecule has 1 aromatic heterocycles. The van der Waals surface area contributed by atoms with E-state index in [0.717, 1.165) is 18.6 Å². The molecule has 2 rings (SSSR count). The third-order valence-electron chi connectivity index (χ3n) is 3.07. The lowest BCUT2D eigenvalue weighted by atomic mass is 10.2. The van der Waals surface area contributed by atoms with Crippen LogP contribution in [0.3, 0.4) is 0 Å². The van der Waals surface area contributed by atoms with Crippen LogP contribution in [0.2, 0.25) is 0 Å². The average molecular weight is 267 g/mol. The molecule has 1 aliphatic carbocycles. The number of anilines is 1. The Morgan fingerprint density at radius 2 is 2.44 bits per heavy atom. The summed E-state index contributed by atoms with van der Waals surface area (Å²) in [6, 6.07) is 0.321. The molecule has 1 heterocycles. The van der Waals surface area contributed by atoms with Gasteiger partial charge in [0.25, 0.3) is 0 Å². The van der Waals surface area contributed by atoms with Crippen molar-refractivity contribution in [1.29, 1.82) is 0 Å². The van der Waals surface area contributed by atoms with Gasteiger partial charge < -0.3 is 10.4 Å². The molecule has 2 atom stereocenters. The van der Waals surface area contributed by atoms with E-state index < -0.39 is 5.97 Å². The van der Waals surface area contributed by atoms with E-state index in [1.54, 1.807) is 0 Å². The number of carboxylic acid groups (broad SMARTS) is 1. The van der Waals surface area contributed by atoms with E-state index in [0.29, 0.717) is 17.1 Å². The van der Waals surface area contributed by atoms with Crippen molar-refractivity contribution in [3.8, 4) is 0 Å². The largest absolute Gasteiger partial charge is 0.477 e. The Balaban J connectivity index is 2.00. The lowest BCUT2D eigenvalue weighted by Crippen LogP contribution is -2.19. The topological polar surface area (TPSA) is 75.1 Å². The monoisotopic (exact) mass is 267 g/mol. The van der Waals surface area contributed by atoms with E-state index in [4.69, 9.17) is 5.11 Å². The van der Waals surface area contributed by atoms with Crippen molar-refractivity contribution in [3.63, 3.8) is 0 Å². The fraction of sp³-hybridized carbons (Fsp3) is 0.583. The van der Waals surface area contributed by atoms with E-state index >= 15 is 0 Å². The average Bonchev–Trinajstić information content (AvgIpc) is 2.77. The number of hydrogen-bond acceptors (Lipinski definition) is 5. The molecule has 1 aliphatic rings. The molecule has 2 N–H and O–H groups in total. The third-order valence-corrected chi connectivity index (χ3v) is 4.30. The van der Waals surface area contributed by atoms with Crippen LogP contribution in [0.1, 0.15) is 36.5 Å². The Bertz CT molecular complexity index is 428. The molecule has 98 valence electrons. The Morgan fingerprint density at radius 1 is 1.61 bits per heavy atom. The summed E-state index contributed by atoms with van der Waals surface area (Å²) in [4.78, 5) is 18.8. The zero-order chi connectivity index (χ0) is 13.0. The molecule has 6 heteroatoms. The molecule has 1 saturated carbocycles. The van der Waals surface area contributed by atoms with Gasteiger partial charge in [-0.25, -0.2) is 14.8 Å². The molecular formula is C12H17N3O2S. The van der Waals surface area contributed by atoms with Gasteiger partial charge in [-0.3, -0.25) is 0 Å². The minimum Gasteiger partial charge on any atom is -0.477 e. The highest BCUT2D eigenvalue weighted by molar-refractivity contribution is 7.99. The van der Waals surface area contributed by atoms with Crippen LogP contribution in [0.4, 0.5) is 5.82 Å². The first-order valence-corrected chi connectivity index (χ1v) is 7.17. The molecule has 2 unspecified atom stereocenters. The number of nitrogens with zero attached hydrogens (tertiary/aromatic N) is 2. The van der Waals surface area contributed by atoms with Gasteiger partial charge in [0.1, 0.15) is 17.7 Å². The zero-order valence-corrected chi connectivity index (χ0v) is 11.1. The SMILES string of the molecule is CCSC1CCC(Nc2ncncc2C(=O)O)C1. The lowest BCUT2D eigenvalue weighted by molar-refractivity contribution is 0.0697. The summed E-state index contributed by atoms with van der Waals surface area (Å²) in [7, 11) is 0. The van der Waals surface area contributed by atoms with Gasteiger partial charge in [0.05, 0.1) is 0 Å². The molecule has 0 aliphatic heterocycles. The van der Waals surface area contributed by atoms with Gasteiger partial charge in [-0.05, 0) is 25.0 Å². The van der Waals surface area contributed by atoms with Crippen LogP contribution in [-0.2, 0) is 0 Å². The van der Waals surface area contributed by atoms with Crippen molar-refractivity contribution < 1.29 is 9.90 Å². The molecule has 0 saturated heterocycles. The van der Waals surface area contributed by atoms with Crippen LogP contribution in [0.15, 0.2) is 12.5 Å². The van der Waals surface area contributed by atoms with Crippen molar-refractivity contribution in [2.24, 2.45) is 0 Å². The van der Waals surface area contributed by atoms with Crippen molar-refractivity contribution >= 4 is 23.5 Å². The fourth-order valence-corrected chi connectivity index (χ4v) is 3.40. The zero-order valence-electron chi connectivity index (χ0n) is 10.3. The maximum absolute atomic E-state index is 11.0. The summed E-state index contributed by atoms with van der Waals surface area (Å²) in [5, 5.41) is 13.0. The summed E-state index contributed by atoms with van der Waals surface area (Å²) in [5.74, 6) is 0.575. The van der Waals surface area contributed by atoms with Crippen LogP contribution in [-0.4, -0.2) is 38.1 Å². The van der Waals surface area contributed by atoms with Crippen molar-refractivity contribution in [2.45, 2.75) is 37.5 Å². The van der Waals surface area contributed by atoms with Gasteiger partial charge in [-0.15, -0.1) is 0 Å². The minimum atomic E-state index is -0.990. The van der Waals surface area contributed by atoms with Crippen LogP contribution in [0.5, 0.6) is 0 Å². The Morgan fingerprint density at radius 3 is 3.17 bits per heavy atom. The molecular weight excluding hydrogens is 250 g/mol. The van der Waals surface area contributed by atoms with Crippen LogP contribution >= 0.6 is 11.8 Å². The number of aromatic nitrogens is 2. The molecule has 1 fully saturated rings. The highest BCUT2D eigenvalue weighted by Crippen LogP contribution is 2.31. The number of thioether (sulfide) groups is 1. The fourth-order valence-electron chi connectivity index (χ4n) is 2.25. The van der Waals surface area contributed by atoms with Crippen molar-refractivity contribution in [1.82, 2.24) is 9.97 Å². The number of nitrogens with one attached hydrogen (secondary N) is 1. The quantitative estimate of drug-likeness (QED) is 0.852. The standard InChI is InChI=1S/C12H17N3O2S/c1-2-18-9-4-3-8(5-9)15-11-10(12(16)17)6-13-7-14-11/h6-9H,2-5H2,1H3,(H,16,17)(H,13,14,15). The molecule has 0 spiro atoms. The Labute approximate surface area is 110 Å². The van der Waals surface area contributed by atoms with Gasteiger partial charge in [0, 0.05) is 17.5 Å². The molecule has 0 bridgehead atoms. The second-order valence-corrected chi connectivity index (χ2v) is 5.90. The predicted molar refractivity (Wildman–Crippen MR) is 72.2 cm³/mol. The van der Waals surface area contributed by atoms with Crippen LogP contribution in [0, 0.1) is 0 Å².